The van der Waals surface area contributed by atoms with Gasteiger partial charge in [0.25, 0.3) is 0 Å². The fourth-order valence-corrected chi connectivity index (χ4v) is 2.24. The highest BCUT2D eigenvalue weighted by Crippen LogP contribution is 2.11. The Morgan fingerprint density at radius 2 is 2.22 bits per heavy atom. The van der Waals surface area contributed by atoms with Gasteiger partial charge in [0.15, 0.2) is 0 Å². The Balaban J connectivity index is 1.63. The average molecular weight is 247 g/mol. The van der Waals surface area contributed by atoms with E-state index in [0.29, 0.717) is 6.54 Å². The summed E-state index contributed by atoms with van der Waals surface area (Å²) < 4.78 is 4.13. The Hall–Kier alpha value is -1.73. The van der Waals surface area contributed by atoms with Gasteiger partial charge in [0.05, 0.1) is 18.6 Å². The number of hydrogen-bond donors (Lipinski definition) is 1. The summed E-state index contributed by atoms with van der Waals surface area (Å²) in [5.74, 6) is 1.03. The SMILES string of the molecule is NCCn1cnc(CN2CCn3cnnc3C2)c1. The van der Waals surface area contributed by atoms with Crippen molar-refractivity contribution in [1.29, 1.82) is 0 Å². The summed E-state index contributed by atoms with van der Waals surface area (Å²) in [5, 5.41) is 8.04. The standard InChI is InChI=1S/C11H17N7/c12-1-2-17-6-10(13-8-17)5-16-3-4-18-9-14-15-11(18)7-16/h6,8-9H,1-5,7,12H2. The molecule has 7 nitrogen and oxygen atoms in total. The molecule has 18 heavy (non-hydrogen) atoms. The molecule has 1 aliphatic rings. The van der Waals surface area contributed by atoms with E-state index in [4.69, 9.17) is 5.73 Å². The normalized spacial score (nSPS) is 15.8. The summed E-state index contributed by atoms with van der Waals surface area (Å²) in [6, 6.07) is 0. The van der Waals surface area contributed by atoms with E-state index in [1.165, 1.54) is 0 Å². The first-order valence-electron chi connectivity index (χ1n) is 6.15. The third-order valence-electron chi connectivity index (χ3n) is 3.18. The molecule has 0 saturated heterocycles. The number of imidazole rings is 1. The second-order valence-corrected chi connectivity index (χ2v) is 4.54. The number of rotatable bonds is 4. The van der Waals surface area contributed by atoms with E-state index in [-0.39, 0.29) is 0 Å². The maximum absolute atomic E-state index is 5.52. The zero-order valence-electron chi connectivity index (χ0n) is 10.2. The fourth-order valence-electron chi connectivity index (χ4n) is 2.24. The van der Waals surface area contributed by atoms with E-state index in [2.05, 4.69) is 30.8 Å². The van der Waals surface area contributed by atoms with Gasteiger partial charge in [0.2, 0.25) is 0 Å². The predicted octanol–water partition coefficient (Wildman–Crippen LogP) is -0.551. The van der Waals surface area contributed by atoms with Gasteiger partial charge in [0.1, 0.15) is 12.2 Å². The summed E-state index contributed by atoms with van der Waals surface area (Å²) in [5.41, 5.74) is 6.60. The fraction of sp³-hybridized carbons (Fsp3) is 0.545. The zero-order valence-corrected chi connectivity index (χ0v) is 10.2. The van der Waals surface area contributed by atoms with Crippen molar-refractivity contribution in [2.45, 2.75) is 26.2 Å². The molecule has 0 bridgehead atoms. The van der Waals surface area contributed by atoms with Crippen molar-refractivity contribution in [3.8, 4) is 0 Å². The molecule has 0 spiro atoms. The van der Waals surface area contributed by atoms with Crippen molar-refractivity contribution < 1.29 is 0 Å². The third kappa shape index (κ3) is 2.27. The second-order valence-electron chi connectivity index (χ2n) is 4.54. The summed E-state index contributed by atoms with van der Waals surface area (Å²) >= 11 is 0. The molecule has 0 saturated carbocycles. The molecule has 2 N–H and O–H groups in total. The molecule has 2 aromatic rings. The molecule has 96 valence electrons. The minimum absolute atomic E-state index is 0.641. The van der Waals surface area contributed by atoms with Crippen LogP contribution in [0, 0.1) is 0 Å². The lowest BCUT2D eigenvalue weighted by atomic mass is 10.3. The molecular formula is C11H17N7. The Kier molecular flexibility index (Phi) is 3.07. The lowest BCUT2D eigenvalue weighted by molar-refractivity contribution is 0.206. The van der Waals surface area contributed by atoms with E-state index in [1.807, 2.05) is 10.9 Å². The van der Waals surface area contributed by atoms with Crippen molar-refractivity contribution in [3.63, 3.8) is 0 Å². The molecule has 3 rings (SSSR count). The smallest absolute Gasteiger partial charge is 0.147 e. The van der Waals surface area contributed by atoms with Gasteiger partial charge in [-0.1, -0.05) is 0 Å². The van der Waals surface area contributed by atoms with Crippen LogP contribution in [-0.2, 0) is 26.2 Å². The lowest BCUT2D eigenvalue weighted by Gasteiger charge is -2.25. The molecule has 0 aromatic carbocycles. The summed E-state index contributed by atoms with van der Waals surface area (Å²) in [6.07, 6.45) is 5.70. The topological polar surface area (TPSA) is 77.8 Å². The van der Waals surface area contributed by atoms with Crippen molar-refractivity contribution in [2.75, 3.05) is 13.1 Å². The number of fused-ring (bicyclic) bond motifs is 1. The molecular weight excluding hydrogens is 230 g/mol. The first-order valence-corrected chi connectivity index (χ1v) is 6.15. The van der Waals surface area contributed by atoms with Crippen LogP contribution in [0.1, 0.15) is 11.5 Å². The Bertz CT molecular complexity index is 515. The van der Waals surface area contributed by atoms with Crippen LogP contribution in [0.5, 0.6) is 0 Å². The molecule has 7 heteroatoms. The van der Waals surface area contributed by atoms with E-state index in [1.54, 1.807) is 6.33 Å². The highest BCUT2D eigenvalue weighted by atomic mass is 15.3. The maximum Gasteiger partial charge on any atom is 0.147 e. The van der Waals surface area contributed by atoms with E-state index >= 15 is 0 Å². The molecule has 0 radical (unpaired) electrons. The van der Waals surface area contributed by atoms with Crippen LogP contribution in [0.2, 0.25) is 0 Å². The van der Waals surface area contributed by atoms with Gasteiger partial charge in [-0.05, 0) is 0 Å². The molecule has 0 atom stereocenters. The van der Waals surface area contributed by atoms with Crippen molar-refractivity contribution in [2.24, 2.45) is 5.73 Å². The third-order valence-corrected chi connectivity index (χ3v) is 3.18. The van der Waals surface area contributed by atoms with Gasteiger partial charge in [0, 0.05) is 38.9 Å². The first-order chi connectivity index (χ1) is 8.85. The zero-order chi connectivity index (χ0) is 12.4. The van der Waals surface area contributed by atoms with Crippen LogP contribution in [0.15, 0.2) is 18.9 Å². The molecule has 0 amide bonds. The Morgan fingerprint density at radius 1 is 1.28 bits per heavy atom. The van der Waals surface area contributed by atoms with Gasteiger partial charge in [-0.2, -0.15) is 0 Å². The summed E-state index contributed by atoms with van der Waals surface area (Å²) in [7, 11) is 0. The maximum atomic E-state index is 5.52. The summed E-state index contributed by atoms with van der Waals surface area (Å²) in [4.78, 5) is 6.73. The van der Waals surface area contributed by atoms with Gasteiger partial charge in [-0.3, -0.25) is 4.90 Å². The molecule has 3 heterocycles. The second kappa shape index (κ2) is 4.87. The van der Waals surface area contributed by atoms with Crippen LogP contribution in [0.3, 0.4) is 0 Å². The van der Waals surface area contributed by atoms with Gasteiger partial charge in [-0.15, -0.1) is 10.2 Å². The molecule has 0 unspecified atom stereocenters. The van der Waals surface area contributed by atoms with Crippen LogP contribution >= 0.6 is 0 Å². The molecule has 1 aliphatic heterocycles. The summed E-state index contributed by atoms with van der Waals surface area (Å²) in [6.45, 7) is 5.11. The van der Waals surface area contributed by atoms with Crippen molar-refractivity contribution >= 4 is 0 Å². The number of hydrogen-bond acceptors (Lipinski definition) is 5. The van der Waals surface area contributed by atoms with Crippen LogP contribution in [0.25, 0.3) is 0 Å². The van der Waals surface area contributed by atoms with Crippen LogP contribution in [-0.4, -0.2) is 42.3 Å². The molecule has 0 aliphatic carbocycles. The molecule has 0 fully saturated rings. The monoisotopic (exact) mass is 247 g/mol. The Labute approximate surface area is 105 Å². The largest absolute Gasteiger partial charge is 0.336 e. The van der Waals surface area contributed by atoms with E-state index in [9.17, 15) is 0 Å². The minimum atomic E-state index is 0.641. The van der Waals surface area contributed by atoms with E-state index < -0.39 is 0 Å². The van der Waals surface area contributed by atoms with Gasteiger partial charge in [-0.25, -0.2) is 4.98 Å². The Morgan fingerprint density at radius 3 is 3.11 bits per heavy atom. The van der Waals surface area contributed by atoms with Crippen LogP contribution in [0.4, 0.5) is 0 Å². The van der Waals surface area contributed by atoms with Crippen molar-refractivity contribution in [1.82, 2.24) is 29.2 Å². The lowest BCUT2D eigenvalue weighted by Crippen LogP contribution is -2.33. The van der Waals surface area contributed by atoms with Gasteiger partial charge >= 0.3 is 0 Å². The minimum Gasteiger partial charge on any atom is -0.336 e. The van der Waals surface area contributed by atoms with Crippen LogP contribution < -0.4 is 5.73 Å². The quantitative estimate of drug-likeness (QED) is 0.784. The number of nitrogens with zero attached hydrogens (tertiary/aromatic N) is 6. The molecule has 2 aromatic heterocycles. The highest BCUT2D eigenvalue weighted by Gasteiger charge is 2.17. The van der Waals surface area contributed by atoms with Gasteiger partial charge < -0.3 is 14.9 Å². The highest BCUT2D eigenvalue weighted by molar-refractivity contribution is 4.99. The van der Waals surface area contributed by atoms with Crippen molar-refractivity contribution in [3.05, 3.63) is 30.4 Å². The number of aromatic nitrogens is 5. The first kappa shape index (κ1) is 11.4. The predicted molar refractivity (Wildman–Crippen MR) is 65.4 cm³/mol. The number of nitrogens with two attached hydrogens (primary N) is 1. The van der Waals surface area contributed by atoms with E-state index in [0.717, 1.165) is 44.2 Å². The average Bonchev–Trinajstić information content (AvgIpc) is 2.98.